The van der Waals surface area contributed by atoms with Crippen LogP contribution in [-0.2, 0) is 4.74 Å². The van der Waals surface area contributed by atoms with E-state index in [1.165, 1.54) is 6.42 Å². The van der Waals surface area contributed by atoms with Crippen molar-refractivity contribution in [2.24, 2.45) is 0 Å². The van der Waals surface area contributed by atoms with Crippen LogP contribution in [0.5, 0.6) is 0 Å². The third kappa shape index (κ3) is 2.84. The molecule has 2 fully saturated rings. The normalized spacial score (nSPS) is 28.1. The molecule has 1 N–H and O–H groups in total. The molecule has 0 aromatic rings. The maximum Gasteiger partial charge on any atom is 0.317 e. The quantitative estimate of drug-likeness (QED) is 0.713. The number of hydrogen-bond acceptors (Lipinski definition) is 2. The Morgan fingerprint density at radius 2 is 2.20 bits per heavy atom. The Labute approximate surface area is 91.0 Å². The summed E-state index contributed by atoms with van der Waals surface area (Å²) in [5.74, 6) is 0. The monoisotopic (exact) mass is 212 g/mol. The van der Waals surface area contributed by atoms with E-state index in [1.54, 1.807) is 0 Å². The Hall–Kier alpha value is -0.770. The van der Waals surface area contributed by atoms with Crippen molar-refractivity contribution in [2.75, 3.05) is 19.7 Å². The van der Waals surface area contributed by atoms with Gasteiger partial charge in [-0.15, -0.1) is 0 Å². The molecule has 4 nitrogen and oxygen atoms in total. The van der Waals surface area contributed by atoms with Crippen LogP contribution in [0.2, 0.25) is 0 Å². The van der Waals surface area contributed by atoms with Gasteiger partial charge in [0.2, 0.25) is 0 Å². The van der Waals surface area contributed by atoms with E-state index in [1.807, 2.05) is 11.8 Å². The molecule has 1 aliphatic carbocycles. The van der Waals surface area contributed by atoms with E-state index >= 15 is 0 Å². The average Bonchev–Trinajstić information content (AvgIpc) is 2.36. The van der Waals surface area contributed by atoms with Gasteiger partial charge in [0.15, 0.2) is 0 Å². The fraction of sp³-hybridized carbons (Fsp3) is 0.909. The minimum absolute atomic E-state index is 0.0945. The number of carbonyl (C=O) groups excluding carboxylic acids is 1. The smallest absolute Gasteiger partial charge is 0.317 e. The highest BCUT2D eigenvalue weighted by molar-refractivity contribution is 5.74. The first-order valence-electron chi connectivity index (χ1n) is 5.93. The van der Waals surface area contributed by atoms with Crippen LogP contribution in [-0.4, -0.2) is 42.8 Å². The summed E-state index contributed by atoms with van der Waals surface area (Å²) in [6, 6.07) is 0.522. The number of ether oxygens (including phenoxy) is 1. The summed E-state index contributed by atoms with van der Waals surface area (Å²) in [7, 11) is 0. The molecule has 1 aliphatic heterocycles. The third-order valence-corrected chi connectivity index (χ3v) is 3.17. The van der Waals surface area contributed by atoms with Crippen LogP contribution >= 0.6 is 0 Å². The summed E-state index contributed by atoms with van der Waals surface area (Å²) in [5.41, 5.74) is 0. The average molecular weight is 212 g/mol. The molecule has 0 radical (unpaired) electrons. The molecule has 0 aromatic carbocycles. The zero-order valence-electron chi connectivity index (χ0n) is 9.37. The summed E-state index contributed by atoms with van der Waals surface area (Å²) in [5, 5.41) is 3.07. The Kier molecular flexibility index (Phi) is 3.46. The van der Waals surface area contributed by atoms with Crippen molar-refractivity contribution >= 4 is 6.03 Å². The molecular weight excluding hydrogens is 192 g/mol. The summed E-state index contributed by atoms with van der Waals surface area (Å²) in [6.45, 7) is 4.34. The first-order valence-corrected chi connectivity index (χ1v) is 5.93. The minimum Gasteiger partial charge on any atom is -0.377 e. The van der Waals surface area contributed by atoms with Gasteiger partial charge in [-0.1, -0.05) is 0 Å². The van der Waals surface area contributed by atoms with Crippen molar-refractivity contribution in [1.29, 1.82) is 0 Å². The molecule has 0 aromatic heterocycles. The topological polar surface area (TPSA) is 41.6 Å². The van der Waals surface area contributed by atoms with Crippen LogP contribution < -0.4 is 5.32 Å². The van der Waals surface area contributed by atoms with E-state index in [0.29, 0.717) is 6.04 Å². The zero-order chi connectivity index (χ0) is 10.7. The molecule has 2 rings (SSSR count). The van der Waals surface area contributed by atoms with E-state index in [4.69, 9.17) is 4.74 Å². The van der Waals surface area contributed by atoms with Crippen LogP contribution in [0.1, 0.15) is 32.6 Å². The van der Waals surface area contributed by atoms with Crippen molar-refractivity contribution < 1.29 is 9.53 Å². The molecular formula is C11H20N2O2. The molecule has 2 amide bonds. The Balaban J connectivity index is 1.81. The van der Waals surface area contributed by atoms with Gasteiger partial charge in [-0.3, -0.25) is 0 Å². The summed E-state index contributed by atoms with van der Waals surface area (Å²) in [4.78, 5) is 13.7. The number of nitrogens with one attached hydrogen (secondary N) is 1. The third-order valence-electron chi connectivity index (χ3n) is 3.17. The van der Waals surface area contributed by atoms with E-state index in [-0.39, 0.29) is 12.1 Å². The highest BCUT2D eigenvalue weighted by atomic mass is 16.5. The fourth-order valence-electron chi connectivity index (χ4n) is 2.00. The highest BCUT2D eigenvalue weighted by Crippen LogP contribution is 2.18. The molecule has 0 bridgehead atoms. The van der Waals surface area contributed by atoms with Crippen LogP contribution in [0.25, 0.3) is 0 Å². The van der Waals surface area contributed by atoms with Gasteiger partial charge in [0.25, 0.3) is 0 Å². The summed E-state index contributed by atoms with van der Waals surface area (Å²) >= 11 is 0. The van der Waals surface area contributed by atoms with Crippen molar-refractivity contribution in [1.82, 2.24) is 10.2 Å². The lowest BCUT2D eigenvalue weighted by Gasteiger charge is -2.30. The van der Waals surface area contributed by atoms with Crippen molar-refractivity contribution in [3.8, 4) is 0 Å². The van der Waals surface area contributed by atoms with Crippen LogP contribution in [0, 0.1) is 0 Å². The predicted octanol–water partition coefficient (Wildman–Crippen LogP) is 1.36. The molecule has 1 unspecified atom stereocenters. The molecule has 1 atom stereocenters. The number of amides is 2. The minimum atomic E-state index is 0.0945. The van der Waals surface area contributed by atoms with Gasteiger partial charge in [0.05, 0.1) is 6.10 Å². The highest BCUT2D eigenvalue weighted by Gasteiger charge is 2.24. The molecule has 1 saturated carbocycles. The van der Waals surface area contributed by atoms with E-state index < -0.39 is 0 Å². The number of hydrogen-bond donors (Lipinski definition) is 1. The van der Waals surface area contributed by atoms with Crippen LogP contribution in [0.4, 0.5) is 4.79 Å². The maximum atomic E-state index is 11.9. The first kappa shape index (κ1) is 10.7. The maximum absolute atomic E-state index is 11.9. The second-order valence-electron chi connectivity index (χ2n) is 4.56. The molecule has 1 saturated heterocycles. The number of urea groups is 1. The van der Waals surface area contributed by atoms with Crippen LogP contribution in [0.15, 0.2) is 0 Å². The lowest BCUT2D eigenvalue weighted by molar-refractivity contribution is 0.0706. The van der Waals surface area contributed by atoms with Crippen molar-refractivity contribution in [3.05, 3.63) is 0 Å². The van der Waals surface area contributed by atoms with Crippen LogP contribution in [0.3, 0.4) is 0 Å². The number of nitrogens with zero attached hydrogens (tertiary/aromatic N) is 1. The second-order valence-corrected chi connectivity index (χ2v) is 4.56. The van der Waals surface area contributed by atoms with Crippen molar-refractivity contribution in [3.63, 3.8) is 0 Å². The molecule has 0 spiro atoms. The standard InChI is InChI=1S/C11H20N2O2/c1-9-8-13(6-3-7-15-9)11(14)12-10-4-2-5-10/h9-10H,2-8H2,1H3,(H,12,14). The Morgan fingerprint density at radius 3 is 2.87 bits per heavy atom. The summed E-state index contributed by atoms with van der Waals surface area (Å²) < 4.78 is 5.51. The van der Waals surface area contributed by atoms with E-state index in [2.05, 4.69) is 5.32 Å². The van der Waals surface area contributed by atoms with Gasteiger partial charge >= 0.3 is 6.03 Å². The molecule has 15 heavy (non-hydrogen) atoms. The van der Waals surface area contributed by atoms with Crippen molar-refractivity contribution in [2.45, 2.75) is 44.8 Å². The molecule has 4 heteroatoms. The lowest BCUT2D eigenvalue weighted by Crippen LogP contribution is -2.48. The molecule has 1 heterocycles. The van der Waals surface area contributed by atoms with E-state index in [9.17, 15) is 4.79 Å². The molecule has 86 valence electrons. The largest absolute Gasteiger partial charge is 0.377 e. The van der Waals surface area contributed by atoms with Gasteiger partial charge in [0.1, 0.15) is 0 Å². The number of rotatable bonds is 1. The van der Waals surface area contributed by atoms with E-state index in [0.717, 1.165) is 39.0 Å². The predicted molar refractivity (Wildman–Crippen MR) is 57.8 cm³/mol. The molecule has 2 aliphatic rings. The Morgan fingerprint density at radius 1 is 1.40 bits per heavy atom. The number of carbonyl (C=O) groups is 1. The summed E-state index contributed by atoms with van der Waals surface area (Å²) in [6.07, 6.45) is 4.66. The van der Waals surface area contributed by atoms with Gasteiger partial charge in [0, 0.05) is 25.7 Å². The Bertz CT molecular complexity index is 229. The van der Waals surface area contributed by atoms with Gasteiger partial charge < -0.3 is 15.0 Å². The SMILES string of the molecule is CC1CN(C(=O)NC2CCC2)CCCO1. The first-order chi connectivity index (χ1) is 7.25. The van der Waals surface area contributed by atoms with Gasteiger partial charge in [-0.2, -0.15) is 0 Å². The second kappa shape index (κ2) is 4.84. The van der Waals surface area contributed by atoms with Gasteiger partial charge in [-0.05, 0) is 32.6 Å². The van der Waals surface area contributed by atoms with Gasteiger partial charge in [-0.25, -0.2) is 4.79 Å². The lowest BCUT2D eigenvalue weighted by atomic mass is 9.93. The fourth-order valence-corrected chi connectivity index (χ4v) is 2.00. The zero-order valence-corrected chi connectivity index (χ0v) is 9.37.